The second-order valence-electron chi connectivity index (χ2n) is 3.00. The van der Waals surface area contributed by atoms with Gasteiger partial charge >= 0.3 is 0 Å². The lowest BCUT2D eigenvalue weighted by atomic mass is 10.1. The van der Waals surface area contributed by atoms with Crippen molar-refractivity contribution in [1.29, 1.82) is 0 Å². The van der Waals surface area contributed by atoms with Gasteiger partial charge < -0.3 is 0 Å². The molecule has 0 aromatic heterocycles. The maximum atomic E-state index is 5.80. The van der Waals surface area contributed by atoms with Crippen molar-refractivity contribution in [2.75, 3.05) is 0 Å². The van der Waals surface area contributed by atoms with Crippen molar-refractivity contribution in [2.45, 2.75) is 13.0 Å². The van der Waals surface area contributed by atoms with Crippen LogP contribution >= 0.6 is 22.2 Å². The van der Waals surface area contributed by atoms with Gasteiger partial charge in [-0.05, 0) is 18.5 Å². The van der Waals surface area contributed by atoms with Gasteiger partial charge in [0.15, 0.2) is 0 Å². The predicted molar refractivity (Wildman–Crippen MR) is 63.8 cm³/mol. The minimum absolute atomic E-state index is 0.859. The number of halogens is 2. The monoisotopic (exact) mass is 230 g/mol. The van der Waals surface area contributed by atoms with Crippen LogP contribution in [0.15, 0.2) is 35.9 Å². The first-order valence-electron chi connectivity index (χ1n) is 4.19. The van der Waals surface area contributed by atoms with E-state index in [2.05, 4.69) is 25.1 Å². The normalized spacial score (nSPS) is 12.2. The van der Waals surface area contributed by atoms with Crippen molar-refractivity contribution >= 4 is 35.7 Å². The molecule has 0 saturated heterocycles. The number of hydrogen-bond acceptors (Lipinski definition) is 0. The molecule has 0 nitrogen and oxygen atoms in total. The second kappa shape index (κ2) is 5.48. The van der Waals surface area contributed by atoms with Crippen molar-refractivity contribution in [3.05, 3.63) is 41.5 Å². The Balaban J connectivity index is 2.66. The van der Waals surface area contributed by atoms with E-state index in [0.717, 1.165) is 6.04 Å². The Labute approximate surface area is 90.2 Å². The van der Waals surface area contributed by atoms with Crippen molar-refractivity contribution in [2.24, 2.45) is 0 Å². The number of hydrogen-bond donors (Lipinski definition) is 0. The smallest absolute Gasteiger partial charge is 0.150 e. The van der Waals surface area contributed by atoms with Crippen molar-refractivity contribution in [3.8, 4) is 0 Å². The molecule has 0 heterocycles. The van der Waals surface area contributed by atoms with E-state index < -0.39 is 7.42 Å². The third-order valence-electron chi connectivity index (χ3n) is 1.69. The third kappa shape index (κ3) is 4.51. The molecule has 0 N–H and O–H groups in total. The third-order valence-corrected chi connectivity index (χ3v) is 3.57. The molecule has 0 spiro atoms. The van der Waals surface area contributed by atoms with Gasteiger partial charge in [-0.1, -0.05) is 42.0 Å². The average molecular weight is 231 g/mol. The highest BCUT2D eigenvalue weighted by Gasteiger charge is 2.02. The van der Waals surface area contributed by atoms with E-state index in [9.17, 15) is 0 Å². The molecule has 3 heteroatoms. The van der Waals surface area contributed by atoms with E-state index in [1.54, 1.807) is 0 Å². The van der Waals surface area contributed by atoms with Crippen LogP contribution in [0.5, 0.6) is 0 Å². The Kier molecular flexibility index (Phi) is 4.57. The van der Waals surface area contributed by atoms with Gasteiger partial charge in [0.2, 0.25) is 7.42 Å². The molecule has 1 aromatic rings. The zero-order chi connectivity index (χ0) is 9.68. The first-order valence-corrected chi connectivity index (χ1v) is 8.49. The Morgan fingerprint density at radius 3 is 2.46 bits per heavy atom. The summed E-state index contributed by atoms with van der Waals surface area (Å²) in [4.78, 5) is 0. The number of allylic oxidation sites excluding steroid dienone is 1. The quantitative estimate of drug-likeness (QED) is 0.548. The van der Waals surface area contributed by atoms with Crippen molar-refractivity contribution in [1.82, 2.24) is 0 Å². The maximum absolute atomic E-state index is 5.80. The van der Waals surface area contributed by atoms with E-state index in [1.807, 2.05) is 18.2 Å². The molecule has 0 aliphatic carbocycles. The van der Waals surface area contributed by atoms with Gasteiger partial charge in [-0.25, -0.2) is 0 Å². The highest BCUT2D eigenvalue weighted by molar-refractivity contribution is 7.34. The molecular weight excluding hydrogens is 219 g/mol. The molecule has 0 fully saturated rings. The SMILES string of the molecule is CC(=Cc1ccccc1)C[SiH](Cl)Cl. The fourth-order valence-electron chi connectivity index (χ4n) is 1.14. The van der Waals surface area contributed by atoms with E-state index in [1.165, 1.54) is 11.1 Å². The molecule has 1 aromatic carbocycles. The van der Waals surface area contributed by atoms with Crippen LogP contribution in [0.25, 0.3) is 6.08 Å². The summed E-state index contributed by atoms with van der Waals surface area (Å²) >= 11 is 11.6. The van der Waals surface area contributed by atoms with Crippen LogP contribution in [0.2, 0.25) is 6.04 Å². The summed E-state index contributed by atoms with van der Waals surface area (Å²) in [5.41, 5.74) is 2.47. The van der Waals surface area contributed by atoms with E-state index in [0.29, 0.717) is 0 Å². The van der Waals surface area contributed by atoms with Crippen LogP contribution in [-0.2, 0) is 0 Å². The van der Waals surface area contributed by atoms with Crippen LogP contribution in [0, 0.1) is 0 Å². The molecular formula is C10H12Cl2Si. The number of rotatable bonds is 3. The summed E-state index contributed by atoms with van der Waals surface area (Å²) in [7, 11) is -1.49. The fraction of sp³-hybridized carbons (Fsp3) is 0.200. The maximum Gasteiger partial charge on any atom is 0.240 e. The lowest BCUT2D eigenvalue weighted by Gasteiger charge is -2.00. The molecule has 0 bridgehead atoms. The zero-order valence-electron chi connectivity index (χ0n) is 7.50. The Morgan fingerprint density at radius 1 is 1.31 bits per heavy atom. The summed E-state index contributed by atoms with van der Waals surface area (Å²) in [5.74, 6) is 0. The van der Waals surface area contributed by atoms with Crippen LogP contribution < -0.4 is 0 Å². The van der Waals surface area contributed by atoms with E-state index in [-0.39, 0.29) is 0 Å². The summed E-state index contributed by atoms with van der Waals surface area (Å²) < 4.78 is 0. The highest BCUT2D eigenvalue weighted by Crippen LogP contribution is 2.14. The molecule has 0 radical (unpaired) electrons. The van der Waals surface area contributed by atoms with Crippen LogP contribution in [0.1, 0.15) is 12.5 Å². The van der Waals surface area contributed by atoms with Gasteiger partial charge in [0.05, 0.1) is 0 Å². The molecule has 0 aliphatic rings. The average Bonchev–Trinajstić information content (AvgIpc) is 2.04. The Bertz CT molecular complexity index is 280. The Morgan fingerprint density at radius 2 is 1.92 bits per heavy atom. The van der Waals surface area contributed by atoms with Crippen LogP contribution in [-0.4, -0.2) is 7.42 Å². The fourth-order valence-corrected chi connectivity index (χ4v) is 3.20. The molecule has 0 saturated carbocycles. The molecule has 0 amide bonds. The molecule has 13 heavy (non-hydrogen) atoms. The molecule has 0 aliphatic heterocycles. The molecule has 1 rings (SSSR count). The first kappa shape index (κ1) is 10.8. The van der Waals surface area contributed by atoms with Gasteiger partial charge in [0.25, 0.3) is 0 Å². The molecule has 70 valence electrons. The first-order chi connectivity index (χ1) is 6.18. The number of benzene rings is 1. The summed E-state index contributed by atoms with van der Waals surface area (Å²) in [6.45, 7) is 2.07. The topological polar surface area (TPSA) is 0 Å². The Hall–Kier alpha value is -0.243. The lowest BCUT2D eigenvalue weighted by Crippen LogP contribution is -1.91. The largest absolute Gasteiger partial charge is 0.240 e. The lowest BCUT2D eigenvalue weighted by molar-refractivity contribution is 1.40. The van der Waals surface area contributed by atoms with Gasteiger partial charge in [0, 0.05) is 0 Å². The molecule has 0 atom stereocenters. The minimum atomic E-state index is -1.49. The summed E-state index contributed by atoms with van der Waals surface area (Å²) in [6, 6.07) is 11.1. The van der Waals surface area contributed by atoms with Crippen LogP contribution in [0.4, 0.5) is 0 Å². The van der Waals surface area contributed by atoms with Gasteiger partial charge in [-0.2, -0.15) is 0 Å². The molecule has 0 unspecified atom stereocenters. The van der Waals surface area contributed by atoms with Crippen LogP contribution in [0.3, 0.4) is 0 Å². The highest BCUT2D eigenvalue weighted by atomic mass is 35.7. The van der Waals surface area contributed by atoms with Crippen molar-refractivity contribution in [3.63, 3.8) is 0 Å². The standard InChI is InChI=1S/C10H12Cl2Si/c1-9(8-13(11)12)7-10-5-3-2-4-6-10/h2-7,13H,8H2,1H3. The van der Waals surface area contributed by atoms with Crippen molar-refractivity contribution < 1.29 is 0 Å². The second-order valence-corrected chi connectivity index (χ2v) is 8.02. The van der Waals surface area contributed by atoms with Gasteiger partial charge in [-0.15, -0.1) is 22.2 Å². The predicted octanol–water partition coefficient (Wildman–Crippen LogP) is 3.79. The van der Waals surface area contributed by atoms with Gasteiger partial charge in [-0.3, -0.25) is 0 Å². The van der Waals surface area contributed by atoms with Gasteiger partial charge in [0.1, 0.15) is 0 Å². The minimum Gasteiger partial charge on any atom is -0.150 e. The van der Waals surface area contributed by atoms with E-state index >= 15 is 0 Å². The van der Waals surface area contributed by atoms with E-state index in [4.69, 9.17) is 22.2 Å². The zero-order valence-corrected chi connectivity index (χ0v) is 10.2. The summed E-state index contributed by atoms with van der Waals surface area (Å²) in [5, 5.41) is 0. The summed E-state index contributed by atoms with van der Waals surface area (Å²) in [6.07, 6.45) is 2.13.